The summed E-state index contributed by atoms with van der Waals surface area (Å²) in [5.74, 6) is 0. The lowest BCUT2D eigenvalue weighted by molar-refractivity contribution is 0.302. The molecule has 11 heavy (non-hydrogen) atoms. The van der Waals surface area contributed by atoms with Gasteiger partial charge in [-0.25, -0.2) is 0 Å². The predicted molar refractivity (Wildman–Crippen MR) is 51.0 cm³/mol. The van der Waals surface area contributed by atoms with Crippen LogP contribution in [0.4, 0.5) is 0 Å². The minimum absolute atomic E-state index is 1.39. The molecule has 0 aromatic rings. The van der Waals surface area contributed by atoms with Crippen molar-refractivity contribution in [3.8, 4) is 0 Å². The molecule has 1 aliphatic heterocycles. The highest BCUT2D eigenvalue weighted by Gasteiger charge is 2.28. The van der Waals surface area contributed by atoms with Crippen molar-refractivity contribution < 1.29 is 12.3 Å². The molecule has 1 aliphatic rings. The molecule has 1 saturated heterocycles. The number of hydrogen-bond donors (Lipinski definition) is 0. The van der Waals surface area contributed by atoms with E-state index < -0.39 is 27.9 Å². The number of hydrogen-bond acceptors (Lipinski definition) is 3. The summed E-state index contributed by atoms with van der Waals surface area (Å²) in [6.45, 7) is 9.32. The number of rotatable bonds is 2. The van der Waals surface area contributed by atoms with Crippen molar-refractivity contribution in [1.29, 1.82) is 0 Å². The minimum Gasteiger partial charge on any atom is -0.417 e. The van der Waals surface area contributed by atoms with Crippen LogP contribution in [0.2, 0.25) is 6.55 Å². The zero-order chi connectivity index (χ0) is 8.27. The first kappa shape index (κ1) is 9.10. The molecule has 0 N–H and O–H groups in total. The summed E-state index contributed by atoms with van der Waals surface area (Å²) < 4.78 is 16.4. The first-order chi connectivity index (χ1) is 5.26. The van der Waals surface area contributed by atoms with Crippen molar-refractivity contribution in [2.24, 2.45) is 0 Å². The molecule has 1 fully saturated rings. The molecule has 2 atom stereocenters. The fourth-order valence-corrected chi connectivity index (χ4v) is 9.19. The van der Waals surface area contributed by atoms with E-state index in [1.54, 1.807) is 11.4 Å². The molecule has 0 aliphatic carbocycles. The molecule has 0 spiro atoms. The average Bonchev–Trinajstić information content (AvgIpc) is 2.03. The Bertz CT molecular complexity index is 147. The first-order valence-electron chi connectivity index (χ1n) is 3.47. The predicted octanol–water partition coefficient (Wildman–Crippen LogP) is -0.209. The molecule has 1 heterocycles. The summed E-state index contributed by atoms with van der Waals surface area (Å²) in [6, 6.07) is 0. The molecule has 0 saturated carbocycles. The lowest BCUT2D eigenvalue weighted by Gasteiger charge is -2.29. The molecule has 6 heteroatoms. The van der Waals surface area contributed by atoms with E-state index in [1.807, 2.05) is 6.55 Å². The Morgan fingerprint density at radius 2 is 1.45 bits per heavy atom. The normalized spacial score (nSPS) is 38.1. The SMILES string of the molecule is C=C[SiH]1O[SiH](C)O[SiH](C=C)O1. The molecule has 0 radical (unpaired) electrons. The Kier molecular flexibility index (Phi) is 3.43. The lowest BCUT2D eigenvalue weighted by Crippen LogP contribution is -2.46. The van der Waals surface area contributed by atoms with Gasteiger partial charge in [0.05, 0.1) is 0 Å². The van der Waals surface area contributed by atoms with E-state index in [9.17, 15) is 0 Å². The van der Waals surface area contributed by atoms with Gasteiger partial charge < -0.3 is 12.3 Å². The van der Waals surface area contributed by atoms with Gasteiger partial charge in [-0.15, -0.1) is 13.2 Å². The van der Waals surface area contributed by atoms with Crippen molar-refractivity contribution in [2.75, 3.05) is 0 Å². The van der Waals surface area contributed by atoms with Crippen LogP contribution in [0.3, 0.4) is 0 Å². The summed E-state index contributed by atoms with van der Waals surface area (Å²) in [6.07, 6.45) is 0. The highest BCUT2D eigenvalue weighted by molar-refractivity contribution is 6.76. The van der Waals surface area contributed by atoms with Crippen LogP contribution in [0, 0.1) is 0 Å². The first-order valence-corrected chi connectivity index (χ1v) is 8.79. The van der Waals surface area contributed by atoms with Gasteiger partial charge >= 0.3 is 27.9 Å². The minimum atomic E-state index is -1.55. The van der Waals surface area contributed by atoms with Gasteiger partial charge in [0.1, 0.15) is 0 Å². The third kappa shape index (κ3) is 2.51. The van der Waals surface area contributed by atoms with Gasteiger partial charge in [0.2, 0.25) is 0 Å². The molecule has 3 nitrogen and oxygen atoms in total. The second kappa shape index (κ2) is 4.14. The third-order valence-electron chi connectivity index (χ3n) is 1.30. The Morgan fingerprint density at radius 3 is 1.82 bits per heavy atom. The lowest BCUT2D eigenvalue weighted by atomic mass is 11.3. The highest BCUT2D eigenvalue weighted by atomic mass is 28.5. The summed E-state index contributed by atoms with van der Waals surface area (Å²) in [5, 5.41) is 0. The van der Waals surface area contributed by atoms with E-state index in [2.05, 4.69) is 13.2 Å². The van der Waals surface area contributed by atoms with Gasteiger partial charge in [0.25, 0.3) is 0 Å². The van der Waals surface area contributed by atoms with Gasteiger partial charge in [0.15, 0.2) is 0 Å². The topological polar surface area (TPSA) is 27.7 Å². The van der Waals surface area contributed by atoms with Gasteiger partial charge in [-0.05, 0) is 6.55 Å². The van der Waals surface area contributed by atoms with Gasteiger partial charge in [-0.3, -0.25) is 0 Å². The maximum atomic E-state index is 5.49. The molecule has 62 valence electrons. The van der Waals surface area contributed by atoms with E-state index in [0.29, 0.717) is 0 Å². The van der Waals surface area contributed by atoms with Gasteiger partial charge in [-0.1, -0.05) is 11.4 Å². The van der Waals surface area contributed by atoms with Crippen LogP contribution in [0.1, 0.15) is 0 Å². The second-order valence-electron chi connectivity index (χ2n) is 2.18. The van der Waals surface area contributed by atoms with E-state index >= 15 is 0 Å². The Balaban J connectivity index is 2.49. The smallest absolute Gasteiger partial charge is 0.330 e. The summed E-state index contributed by atoms with van der Waals surface area (Å²) in [4.78, 5) is 0. The average molecular weight is 204 g/mol. The quantitative estimate of drug-likeness (QED) is 0.583. The fourth-order valence-electron chi connectivity index (χ4n) is 0.828. The molecule has 0 aromatic carbocycles. The maximum absolute atomic E-state index is 5.49. The standard InChI is InChI=1S/C5H12O3Si3/c1-4-10-6-9(3)7-11(5-2)8-10/h4-5,9-11H,1-2H2,3H3. The Labute approximate surface area is 71.8 Å². The van der Waals surface area contributed by atoms with E-state index in [1.165, 1.54) is 0 Å². The van der Waals surface area contributed by atoms with E-state index in [4.69, 9.17) is 12.3 Å². The van der Waals surface area contributed by atoms with Crippen LogP contribution in [-0.2, 0) is 12.3 Å². The Morgan fingerprint density at radius 1 is 1.00 bits per heavy atom. The largest absolute Gasteiger partial charge is 0.417 e. The maximum Gasteiger partial charge on any atom is 0.330 e. The van der Waals surface area contributed by atoms with Crippen LogP contribution < -0.4 is 0 Å². The van der Waals surface area contributed by atoms with Gasteiger partial charge in [-0.2, -0.15) is 0 Å². The zero-order valence-corrected chi connectivity index (χ0v) is 9.99. The summed E-state index contributed by atoms with van der Waals surface area (Å²) >= 11 is 0. The van der Waals surface area contributed by atoms with Crippen LogP contribution >= 0.6 is 0 Å². The summed E-state index contributed by atoms with van der Waals surface area (Å²) in [7, 11) is -4.48. The molecular formula is C5H12O3Si3. The fraction of sp³-hybridized carbons (Fsp3) is 0.200. The third-order valence-corrected chi connectivity index (χ3v) is 9.43. The van der Waals surface area contributed by atoms with Crippen LogP contribution in [-0.4, -0.2) is 27.9 Å². The molecule has 0 aromatic heterocycles. The molecule has 1 rings (SSSR count). The van der Waals surface area contributed by atoms with Gasteiger partial charge in [0, 0.05) is 0 Å². The molecule has 0 amide bonds. The summed E-state index contributed by atoms with van der Waals surface area (Å²) in [5.41, 5.74) is 3.57. The van der Waals surface area contributed by atoms with E-state index in [-0.39, 0.29) is 0 Å². The van der Waals surface area contributed by atoms with Crippen molar-refractivity contribution in [2.45, 2.75) is 6.55 Å². The van der Waals surface area contributed by atoms with Crippen LogP contribution in [0.25, 0.3) is 0 Å². The van der Waals surface area contributed by atoms with Crippen LogP contribution in [0.5, 0.6) is 0 Å². The van der Waals surface area contributed by atoms with Crippen molar-refractivity contribution in [3.63, 3.8) is 0 Å². The monoisotopic (exact) mass is 204 g/mol. The van der Waals surface area contributed by atoms with Crippen molar-refractivity contribution in [1.82, 2.24) is 0 Å². The molecule has 2 unspecified atom stereocenters. The van der Waals surface area contributed by atoms with Crippen molar-refractivity contribution >= 4 is 27.9 Å². The Hall–Kier alpha value is 0.0106. The highest BCUT2D eigenvalue weighted by Crippen LogP contribution is 2.08. The van der Waals surface area contributed by atoms with Crippen LogP contribution in [0.15, 0.2) is 24.6 Å². The second-order valence-corrected chi connectivity index (χ2v) is 9.00. The molecule has 0 bridgehead atoms. The van der Waals surface area contributed by atoms with Crippen molar-refractivity contribution in [3.05, 3.63) is 24.6 Å². The molecular weight excluding hydrogens is 192 g/mol. The zero-order valence-electron chi connectivity index (χ0n) is 6.53. The van der Waals surface area contributed by atoms with E-state index in [0.717, 1.165) is 0 Å².